The number of rotatable bonds is 0. The molecular formula is C14H12O. The Morgan fingerprint density at radius 3 is 3.07 bits per heavy atom. The third-order valence-electron chi connectivity index (χ3n) is 2.73. The molecule has 1 heteroatoms. The van der Waals surface area contributed by atoms with Gasteiger partial charge in [0.1, 0.15) is 11.9 Å². The summed E-state index contributed by atoms with van der Waals surface area (Å²) in [4.78, 5) is 0. The molecule has 1 atom stereocenters. The molecule has 0 radical (unpaired) electrons. The van der Waals surface area contributed by atoms with Gasteiger partial charge in [-0.15, -0.1) is 0 Å². The van der Waals surface area contributed by atoms with Gasteiger partial charge in [0.2, 0.25) is 0 Å². The number of benzene rings is 1. The molecule has 15 heavy (non-hydrogen) atoms. The van der Waals surface area contributed by atoms with Crippen LogP contribution in [0, 0.1) is 0 Å². The summed E-state index contributed by atoms with van der Waals surface area (Å²) in [5.41, 5.74) is 2.60. The normalized spacial score (nSPS) is 22.1. The van der Waals surface area contributed by atoms with E-state index in [1.54, 1.807) is 0 Å². The Kier molecular flexibility index (Phi) is 1.95. The van der Waals surface area contributed by atoms with Gasteiger partial charge in [-0.25, -0.2) is 0 Å². The standard InChI is InChI=1S/C14H12O/c1-3-7-13-10-11(5-1)9-12-6-2-4-8-14(12)15-13/h1-8,10,13H,9H2. The lowest BCUT2D eigenvalue weighted by molar-refractivity contribution is 0.296. The molecule has 0 saturated carbocycles. The smallest absolute Gasteiger partial charge is 0.136 e. The van der Waals surface area contributed by atoms with Crippen molar-refractivity contribution in [3.8, 4) is 5.75 Å². The molecule has 1 unspecified atom stereocenters. The zero-order valence-corrected chi connectivity index (χ0v) is 8.39. The zero-order chi connectivity index (χ0) is 10.1. The van der Waals surface area contributed by atoms with Gasteiger partial charge in [-0.1, -0.05) is 36.4 Å². The highest BCUT2D eigenvalue weighted by molar-refractivity contribution is 5.43. The van der Waals surface area contributed by atoms with Gasteiger partial charge in [-0.05, 0) is 29.4 Å². The quantitative estimate of drug-likeness (QED) is 0.619. The summed E-state index contributed by atoms with van der Waals surface area (Å²) < 4.78 is 5.90. The van der Waals surface area contributed by atoms with Crippen LogP contribution in [0.3, 0.4) is 0 Å². The van der Waals surface area contributed by atoms with Crippen molar-refractivity contribution in [1.29, 1.82) is 0 Å². The van der Waals surface area contributed by atoms with Crippen molar-refractivity contribution in [3.63, 3.8) is 0 Å². The minimum atomic E-state index is 0.0821. The first-order valence-electron chi connectivity index (χ1n) is 5.22. The summed E-state index contributed by atoms with van der Waals surface area (Å²) in [7, 11) is 0. The third-order valence-corrected chi connectivity index (χ3v) is 2.73. The van der Waals surface area contributed by atoms with E-state index in [4.69, 9.17) is 4.74 Å². The van der Waals surface area contributed by atoms with Crippen molar-refractivity contribution in [2.75, 3.05) is 0 Å². The van der Waals surface area contributed by atoms with Gasteiger partial charge in [-0.2, -0.15) is 0 Å². The number of ether oxygens (including phenoxy) is 1. The molecule has 0 N–H and O–H groups in total. The second-order valence-corrected chi connectivity index (χ2v) is 3.85. The summed E-state index contributed by atoms with van der Waals surface area (Å²) in [5, 5.41) is 0. The Labute approximate surface area is 89.4 Å². The lowest BCUT2D eigenvalue weighted by Gasteiger charge is -2.11. The molecule has 0 amide bonds. The predicted molar refractivity (Wildman–Crippen MR) is 60.9 cm³/mol. The maximum absolute atomic E-state index is 5.90. The molecule has 1 nitrogen and oxygen atoms in total. The maximum Gasteiger partial charge on any atom is 0.136 e. The molecule has 1 aromatic rings. The maximum atomic E-state index is 5.90. The van der Waals surface area contributed by atoms with E-state index in [1.807, 2.05) is 18.2 Å². The SMILES string of the molecule is C1=CC2=CC(C=C1)Oc1ccccc1C2. The highest BCUT2D eigenvalue weighted by Crippen LogP contribution is 2.27. The zero-order valence-electron chi connectivity index (χ0n) is 8.39. The van der Waals surface area contributed by atoms with Gasteiger partial charge < -0.3 is 4.74 Å². The summed E-state index contributed by atoms with van der Waals surface area (Å²) in [6, 6.07) is 8.25. The van der Waals surface area contributed by atoms with Crippen LogP contribution in [-0.2, 0) is 6.42 Å². The van der Waals surface area contributed by atoms with Crippen LogP contribution >= 0.6 is 0 Å². The van der Waals surface area contributed by atoms with Crippen molar-refractivity contribution < 1.29 is 4.74 Å². The molecule has 3 rings (SSSR count). The lowest BCUT2D eigenvalue weighted by atomic mass is 10.0. The largest absolute Gasteiger partial charge is 0.482 e. The molecule has 1 heterocycles. The number of allylic oxidation sites excluding steroid dienone is 4. The number of fused-ring (bicyclic) bond motifs is 2. The predicted octanol–water partition coefficient (Wildman–Crippen LogP) is 3.04. The first-order valence-corrected chi connectivity index (χ1v) is 5.22. The van der Waals surface area contributed by atoms with Crippen LogP contribution in [0.2, 0.25) is 0 Å². The monoisotopic (exact) mass is 196 g/mol. The van der Waals surface area contributed by atoms with Crippen molar-refractivity contribution in [3.05, 3.63) is 65.8 Å². The Hall–Kier alpha value is -1.76. The number of hydrogen-bond acceptors (Lipinski definition) is 1. The lowest BCUT2D eigenvalue weighted by Crippen LogP contribution is -2.09. The van der Waals surface area contributed by atoms with E-state index < -0.39 is 0 Å². The van der Waals surface area contributed by atoms with Gasteiger partial charge in [-0.3, -0.25) is 0 Å². The summed E-state index contributed by atoms with van der Waals surface area (Å²) >= 11 is 0. The van der Waals surface area contributed by atoms with E-state index >= 15 is 0 Å². The van der Waals surface area contributed by atoms with E-state index in [-0.39, 0.29) is 6.10 Å². The second-order valence-electron chi connectivity index (χ2n) is 3.85. The van der Waals surface area contributed by atoms with E-state index in [9.17, 15) is 0 Å². The minimum Gasteiger partial charge on any atom is -0.482 e. The minimum absolute atomic E-state index is 0.0821. The van der Waals surface area contributed by atoms with Crippen LogP contribution in [0.1, 0.15) is 5.56 Å². The van der Waals surface area contributed by atoms with Crippen LogP contribution in [0.15, 0.2) is 60.2 Å². The fraction of sp³-hybridized carbons (Fsp3) is 0.143. The van der Waals surface area contributed by atoms with Gasteiger partial charge in [0.25, 0.3) is 0 Å². The third kappa shape index (κ3) is 1.61. The molecule has 2 bridgehead atoms. The van der Waals surface area contributed by atoms with Gasteiger partial charge >= 0.3 is 0 Å². The fourth-order valence-electron chi connectivity index (χ4n) is 2.00. The average molecular weight is 196 g/mol. The number of hydrogen-bond donors (Lipinski definition) is 0. The van der Waals surface area contributed by atoms with Crippen LogP contribution in [0.5, 0.6) is 5.75 Å². The topological polar surface area (TPSA) is 9.23 Å². The van der Waals surface area contributed by atoms with Gasteiger partial charge in [0.05, 0.1) is 0 Å². The highest BCUT2D eigenvalue weighted by atomic mass is 16.5. The molecule has 0 aromatic heterocycles. The number of para-hydroxylation sites is 1. The molecule has 0 spiro atoms. The fourth-order valence-corrected chi connectivity index (χ4v) is 2.00. The van der Waals surface area contributed by atoms with Crippen LogP contribution in [-0.4, -0.2) is 6.10 Å². The summed E-state index contributed by atoms with van der Waals surface area (Å²) in [6.45, 7) is 0. The van der Waals surface area contributed by atoms with Crippen LogP contribution in [0.4, 0.5) is 0 Å². The molecule has 0 fully saturated rings. The van der Waals surface area contributed by atoms with Crippen molar-refractivity contribution in [1.82, 2.24) is 0 Å². The molecule has 0 saturated heterocycles. The Bertz CT molecular complexity index is 466. The molecular weight excluding hydrogens is 184 g/mol. The van der Waals surface area contributed by atoms with Crippen molar-refractivity contribution in [2.45, 2.75) is 12.5 Å². The summed E-state index contributed by atoms with van der Waals surface area (Å²) in [6.07, 6.45) is 11.6. The van der Waals surface area contributed by atoms with Gasteiger partial charge in [0.15, 0.2) is 0 Å². The van der Waals surface area contributed by atoms with Crippen LogP contribution in [0.25, 0.3) is 0 Å². The highest BCUT2D eigenvalue weighted by Gasteiger charge is 2.14. The molecule has 1 aliphatic heterocycles. The van der Waals surface area contributed by atoms with E-state index in [0.29, 0.717) is 0 Å². The first kappa shape index (κ1) is 8.54. The Balaban J connectivity index is 2.08. The molecule has 74 valence electrons. The Morgan fingerprint density at radius 1 is 1.13 bits per heavy atom. The van der Waals surface area contributed by atoms with E-state index in [2.05, 4.69) is 36.4 Å². The first-order chi connectivity index (χ1) is 7.42. The molecule has 2 aliphatic rings. The van der Waals surface area contributed by atoms with Crippen molar-refractivity contribution in [2.24, 2.45) is 0 Å². The Morgan fingerprint density at radius 2 is 2.07 bits per heavy atom. The average Bonchev–Trinajstić information content (AvgIpc) is 2.57. The molecule has 1 aromatic carbocycles. The summed E-state index contributed by atoms with van der Waals surface area (Å²) in [5.74, 6) is 1.01. The second kappa shape index (κ2) is 3.43. The van der Waals surface area contributed by atoms with E-state index in [0.717, 1.165) is 12.2 Å². The van der Waals surface area contributed by atoms with Gasteiger partial charge in [0, 0.05) is 6.42 Å². The molecule has 1 aliphatic carbocycles. The van der Waals surface area contributed by atoms with Crippen molar-refractivity contribution >= 4 is 0 Å². The van der Waals surface area contributed by atoms with Crippen LogP contribution < -0.4 is 4.74 Å². The van der Waals surface area contributed by atoms with E-state index in [1.165, 1.54) is 11.1 Å².